The van der Waals surface area contributed by atoms with Crippen LogP contribution in [0.3, 0.4) is 0 Å². The van der Waals surface area contributed by atoms with Gasteiger partial charge in [0, 0.05) is 19.5 Å². The van der Waals surface area contributed by atoms with Crippen molar-refractivity contribution in [1.29, 1.82) is 0 Å². The Morgan fingerprint density at radius 3 is 3.09 bits per heavy atom. The Morgan fingerprint density at radius 1 is 1.55 bits per heavy atom. The Morgan fingerprint density at radius 2 is 2.36 bits per heavy atom. The van der Waals surface area contributed by atoms with Gasteiger partial charge in [-0.1, -0.05) is 0 Å². The molecular weight excluding hydrogens is 138 g/mol. The van der Waals surface area contributed by atoms with Gasteiger partial charge in [-0.25, -0.2) is 0 Å². The van der Waals surface area contributed by atoms with E-state index in [1.807, 2.05) is 19.3 Å². The van der Waals surface area contributed by atoms with Crippen molar-refractivity contribution in [2.75, 3.05) is 7.05 Å². The third-order valence-electron chi connectivity index (χ3n) is 2.25. The first-order valence-electron chi connectivity index (χ1n) is 3.76. The van der Waals surface area contributed by atoms with Gasteiger partial charge in [0.15, 0.2) is 0 Å². The summed E-state index contributed by atoms with van der Waals surface area (Å²) < 4.78 is 0. The van der Waals surface area contributed by atoms with Gasteiger partial charge in [0.25, 0.3) is 0 Å². The summed E-state index contributed by atoms with van der Waals surface area (Å²) in [5.74, 6) is 1.10. The van der Waals surface area contributed by atoms with Crippen LogP contribution in [-0.4, -0.2) is 36.1 Å². The Kier molecular flexibility index (Phi) is 1.31. The van der Waals surface area contributed by atoms with Crippen molar-refractivity contribution in [3.63, 3.8) is 0 Å². The normalized spacial score (nSPS) is 34.0. The summed E-state index contributed by atoms with van der Waals surface area (Å²) >= 11 is 0. The molecule has 0 radical (unpaired) electrons. The van der Waals surface area contributed by atoms with Crippen LogP contribution in [-0.2, 0) is 0 Å². The molecule has 11 heavy (non-hydrogen) atoms. The number of fused-ring (bicyclic) bond motifs is 1. The molecule has 0 aromatic heterocycles. The predicted molar refractivity (Wildman–Crippen MR) is 46.1 cm³/mol. The lowest BCUT2D eigenvalue weighted by molar-refractivity contribution is 0.445. The third-order valence-corrected chi connectivity index (χ3v) is 2.25. The lowest BCUT2D eigenvalue weighted by Gasteiger charge is -2.22. The largest absolute Gasteiger partial charge is 0.355 e. The minimum atomic E-state index is 0.255. The second kappa shape index (κ2) is 2.19. The van der Waals surface area contributed by atoms with Crippen LogP contribution in [0.5, 0.6) is 0 Å². The molecule has 3 nitrogen and oxygen atoms in total. The summed E-state index contributed by atoms with van der Waals surface area (Å²) in [5, 5.41) is 0. The fraction of sp³-hybridized carbons (Fsp3) is 0.500. The second-order valence-corrected chi connectivity index (χ2v) is 2.91. The van der Waals surface area contributed by atoms with E-state index in [2.05, 4.69) is 28.0 Å². The van der Waals surface area contributed by atoms with Gasteiger partial charge < -0.3 is 4.90 Å². The van der Waals surface area contributed by atoms with Crippen molar-refractivity contribution in [1.82, 2.24) is 4.90 Å². The molecule has 0 amide bonds. The van der Waals surface area contributed by atoms with Crippen molar-refractivity contribution in [2.24, 2.45) is 9.98 Å². The van der Waals surface area contributed by atoms with Crippen molar-refractivity contribution in [3.05, 3.63) is 12.3 Å². The molecule has 3 heteroatoms. The van der Waals surface area contributed by atoms with Crippen LogP contribution in [0.25, 0.3) is 0 Å². The maximum Gasteiger partial charge on any atom is 0.111 e. The van der Waals surface area contributed by atoms with Gasteiger partial charge in [-0.05, 0) is 13.0 Å². The third kappa shape index (κ3) is 0.878. The SMILES string of the molecule is CC1=NC2C=NC=CC2N1C. The molecular formula is C8H11N3. The highest BCUT2D eigenvalue weighted by Gasteiger charge is 2.29. The number of hydrogen-bond donors (Lipinski definition) is 0. The lowest BCUT2D eigenvalue weighted by atomic mass is 10.1. The minimum absolute atomic E-state index is 0.255. The standard InChI is InChI=1S/C8H11N3/c1-6-10-7-5-9-4-3-8(7)11(6)2/h3-5,7-8H,1-2H3. The molecule has 2 heterocycles. The molecule has 2 rings (SSSR count). The van der Waals surface area contributed by atoms with Crippen molar-refractivity contribution in [2.45, 2.75) is 19.0 Å². The van der Waals surface area contributed by atoms with Crippen LogP contribution in [0.2, 0.25) is 0 Å². The van der Waals surface area contributed by atoms with Crippen molar-refractivity contribution >= 4 is 12.1 Å². The van der Waals surface area contributed by atoms with Crippen molar-refractivity contribution in [3.8, 4) is 0 Å². The predicted octanol–water partition coefficient (Wildman–Crippen LogP) is 0.685. The molecule has 0 aliphatic carbocycles. The van der Waals surface area contributed by atoms with Crippen LogP contribution in [0, 0.1) is 0 Å². The highest BCUT2D eigenvalue weighted by Crippen LogP contribution is 2.17. The maximum absolute atomic E-state index is 4.43. The number of hydrogen-bond acceptors (Lipinski definition) is 3. The van der Waals surface area contributed by atoms with Gasteiger partial charge in [-0.2, -0.15) is 0 Å². The Balaban J connectivity index is 2.29. The molecule has 0 aromatic carbocycles. The Labute approximate surface area is 66.1 Å². The molecule has 0 bridgehead atoms. The number of aliphatic imine (C=N–C) groups is 2. The topological polar surface area (TPSA) is 28.0 Å². The summed E-state index contributed by atoms with van der Waals surface area (Å²) in [6, 6.07) is 0.664. The van der Waals surface area contributed by atoms with E-state index in [0.29, 0.717) is 6.04 Å². The highest BCUT2D eigenvalue weighted by atomic mass is 15.3. The lowest BCUT2D eigenvalue weighted by Crippen LogP contribution is -2.35. The molecule has 0 N–H and O–H groups in total. The van der Waals surface area contributed by atoms with E-state index in [0.717, 1.165) is 5.84 Å². The summed E-state index contributed by atoms with van der Waals surface area (Å²) in [6.07, 6.45) is 5.83. The van der Waals surface area contributed by atoms with Crippen LogP contribution < -0.4 is 0 Å². The van der Waals surface area contributed by atoms with Crippen molar-refractivity contribution < 1.29 is 0 Å². The van der Waals surface area contributed by atoms with E-state index in [9.17, 15) is 0 Å². The first-order valence-corrected chi connectivity index (χ1v) is 3.76. The number of amidine groups is 1. The Bertz CT molecular complexity index is 252. The molecule has 0 saturated heterocycles. The molecule has 2 unspecified atom stereocenters. The zero-order valence-electron chi connectivity index (χ0n) is 6.73. The van der Waals surface area contributed by atoms with Crippen LogP contribution in [0.1, 0.15) is 6.92 Å². The van der Waals surface area contributed by atoms with Crippen LogP contribution in [0.15, 0.2) is 22.3 Å². The van der Waals surface area contributed by atoms with E-state index in [4.69, 9.17) is 0 Å². The zero-order chi connectivity index (χ0) is 7.84. The van der Waals surface area contributed by atoms with Gasteiger partial charge in [0.2, 0.25) is 0 Å². The van der Waals surface area contributed by atoms with Crippen LogP contribution in [0.4, 0.5) is 0 Å². The molecule has 0 fully saturated rings. The van der Waals surface area contributed by atoms with E-state index in [1.165, 1.54) is 0 Å². The number of rotatable bonds is 0. The first-order chi connectivity index (χ1) is 5.29. The van der Waals surface area contributed by atoms with E-state index >= 15 is 0 Å². The van der Waals surface area contributed by atoms with Crippen LogP contribution >= 0.6 is 0 Å². The fourth-order valence-corrected chi connectivity index (χ4v) is 1.47. The second-order valence-electron chi connectivity index (χ2n) is 2.91. The smallest absolute Gasteiger partial charge is 0.111 e. The molecule has 0 saturated carbocycles. The van der Waals surface area contributed by atoms with E-state index in [-0.39, 0.29) is 6.04 Å². The average Bonchev–Trinajstić information content (AvgIpc) is 2.30. The number of nitrogens with zero attached hydrogens (tertiary/aromatic N) is 3. The molecule has 58 valence electrons. The summed E-state index contributed by atoms with van der Waals surface area (Å²) in [4.78, 5) is 10.7. The maximum atomic E-state index is 4.43. The fourth-order valence-electron chi connectivity index (χ4n) is 1.47. The zero-order valence-corrected chi connectivity index (χ0v) is 6.73. The van der Waals surface area contributed by atoms with Gasteiger partial charge in [-0.15, -0.1) is 0 Å². The molecule has 2 aliphatic heterocycles. The number of likely N-dealkylation sites (N-methyl/N-ethyl adjacent to an activating group) is 1. The molecule has 0 aromatic rings. The summed E-state index contributed by atoms with van der Waals surface area (Å²) in [5.41, 5.74) is 0. The van der Waals surface area contributed by atoms with Gasteiger partial charge >= 0.3 is 0 Å². The summed E-state index contributed by atoms with van der Waals surface area (Å²) in [7, 11) is 2.06. The molecule has 0 spiro atoms. The quantitative estimate of drug-likeness (QED) is 0.498. The summed E-state index contributed by atoms with van der Waals surface area (Å²) in [6.45, 7) is 2.03. The average molecular weight is 149 g/mol. The van der Waals surface area contributed by atoms with E-state index in [1.54, 1.807) is 0 Å². The van der Waals surface area contributed by atoms with Gasteiger partial charge in [0.1, 0.15) is 6.04 Å². The van der Waals surface area contributed by atoms with E-state index < -0.39 is 0 Å². The molecule has 2 aliphatic rings. The Hall–Kier alpha value is -1.12. The first kappa shape index (κ1) is 6.58. The minimum Gasteiger partial charge on any atom is -0.355 e. The van der Waals surface area contributed by atoms with Gasteiger partial charge in [0.05, 0.1) is 11.9 Å². The highest BCUT2D eigenvalue weighted by molar-refractivity contribution is 5.87. The monoisotopic (exact) mass is 149 g/mol. The molecule has 2 atom stereocenters. The van der Waals surface area contributed by atoms with Gasteiger partial charge in [-0.3, -0.25) is 9.98 Å².